The maximum absolute atomic E-state index is 11.0. The number of carbonyl (C=O) groups is 1. The lowest BCUT2D eigenvalue weighted by molar-refractivity contribution is -0.114. The number of anilines is 1. The molecule has 1 amide bonds. The topological polar surface area (TPSA) is 105 Å². The maximum atomic E-state index is 11.0. The molecule has 1 heterocycles. The van der Waals surface area contributed by atoms with Crippen molar-refractivity contribution in [2.75, 3.05) is 11.1 Å². The Labute approximate surface area is 146 Å². The highest BCUT2D eigenvalue weighted by Crippen LogP contribution is 2.26. The summed E-state index contributed by atoms with van der Waals surface area (Å²) in [5.74, 6) is 0.374. The number of amides is 1. The van der Waals surface area contributed by atoms with Crippen LogP contribution in [0.25, 0.3) is 0 Å². The lowest BCUT2D eigenvalue weighted by Gasteiger charge is -2.06. The monoisotopic (exact) mass is 366 g/mol. The number of hydrogen-bond acceptors (Lipinski definition) is 7. The maximum Gasteiger partial charge on any atom is 0.223 e. The number of thioether (sulfide) groups is 1. The van der Waals surface area contributed by atoms with E-state index in [1.807, 2.05) is 30.3 Å². The highest BCUT2D eigenvalue weighted by molar-refractivity contribution is 8.01. The molecule has 10 heteroatoms. The molecular weight excluding hydrogens is 352 g/mol. The van der Waals surface area contributed by atoms with Crippen LogP contribution in [0.15, 0.2) is 39.8 Å². The van der Waals surface area contributed by atoms with Gasteiger partial charge in [0.15, 0.2) is 9.45 Å². The fraction of sp³-hybridized carbons (Fsp3) is 0.154. The van der Waals surface area contributed by atoms with E-state index in [0.717, 1.165) is 15.6 Å². The van der Waals surface area contributed by atoms with Crippen LogP contribution in [0.5, 0.6) is 0 Å². The van der Waals surface area contributed by atoms with Gasteiger partial charge >= 0.3 is 0 Å². The van der Waals surface area contributed by atoms with Gasteiger partial charge < -0.3 is 11.1 Å². The smallest absolute Gasteiger partial charge is 0.223 e. The molecule has 0 aliphatic heterocycles. The third-order valence-corrected chi connectivity index (χ3v) is 4.50. The van der Waals surface area contributed by atoms with E-state index in [0.29, 0.717) is 10.9 Å². The van der Waals surface area contributed by atoms with Gasteiger partial charge in [0.25, 0.3) is 0 Å². The molecule has 2 aromatic rings. The molecule has 0 atom stereocenters. The van der Waals surface area contributed by atoms with Crippen LogP contribution in [0.3, 0.4) is 0 Å². The fourth-order valence-corrected chi connectivity index (χ4v) is 3.34. The van der Waals surface area contributed by atoms with Crippen molar-refractivity contribution in [1.82, 2.24) is 15.6 Å². The number of thiocarbonyl (C=S) groups is 1. The van der Waals surface area contributed by atoms with E-state index in [1.54, 1.807) is 0 Å². The number of benzene rings is 1. The lowest BCUT2D eigenvalue weighted by Crippen LogP contribution is -2.26. The van der Waals surface area contributed by atoms with Crippen molar-refractivity contribution in [2.24, 2.45) is 10.8 Å². The van der Waals surface area contributed by atoms with Gasteiger partial charge in [-0.2, -0.15) is 5.10 Å². The molecule has 0 saturated carbocycles. The molecule has 1 aromatic heterocycles. The van der Waals surface area contributed by atoms with E-state index in [2.05, 4.69) is 26.0 Å². The van der Waals surface area contributed by atoms with E-state index in [-0.39, 0.29) is 11.0 Å². The summed E-state index contributed by atoms with van der Waals surface area (Å²) in [6.07, 6.45) is 0. The number of hydrazone groups is 1. The quantitative estimate of drug-likeness (QED) is 0.235. The minimum atomic E-state index is -0.176. The van der Waals surface area contributed by atoms with Crippen LogP contribution in [0.2, 0.25) is 0 Å². The molecule has 0 aliphatic rings. The van der Waals surface area contributed by atoms with Gasteiger partial charge in [-0.05, 0) is 17.8 Å². The predicted molar refractivity (Wildman–Crippen MR) is 97.8 cm³/mol. The standard InChI is InChI=1S/C13H14N6OS3/c1-8(20)15-12-18-19-13(23-12)22-7-10(16-17-11(14)21)9-5-3-2-4-6-9/h2-6H,7H2,1H3,(H3,14,17,21)(H,15,18,20)/b16-10-. The van der Waals surface area contributed by atoms with Crippen molar-refractivity contribution in [3.05, 3.63) is 35.9 Å². The molecule has 0 aliphatic carbocycles. The molecule has 1 aromatic carbocycles. The van der Waals surface area contributed by atoms with E-state index in [1.165, 1.54) is 30.0 Å². The Bertz CT molecular complexity index is 716. The molecule has 0 spiro atoms. The zero-order valence-corrected chi connectivity index (χ0v) is 14.6. The Hall–Kier alpha value is -2.04. The highest BCUT2D eigenvalue weighted by Gasteiger charge is 2.09. The Morgan fingerprint density at radius 2 is 2.13 bits per heavy atom. The van der Waals surface area contributed by atoms with Gasteiger partial charge in [0.2, 0.25) is 11.0 Å². The summed E-state index contributed by atoms with van der Waals surface area (Å²) in [4.78, 5) is 11.0. The van der Waals surface area contributed by atoms with Gasteiger partial charge in [0, 0.05) is 12.7 Å². The summed E-state index contributed by atoms with van der Waals surface area (Å²) in [6.45, 7) is 1.43. The molecule has 23 heavy (non-hydrogen) atoms. The minimum absolute atomic E-state index is 0.104. The van der Waals surface area contributed by atoms with Crippen molar-refractivity contribution in [1.29, 1.82) is 0 Å². The molecular formula is C13H14N6OS3. The second-order valence-corrected chi connectivity index (χ2v) is 6.88. The third-order valence-electron chi connectivity index (χ3n) is 2.43. The van der Waals surface area contributed by atoms with Crippen LogP contribution in [0.1, 0.15) is 12.5 Å². The molecule has 4 N–H and O–H groups in total. The van der Waals surface area contributed by atoms with Crippen LogP contribution < -0.4 is 16.5 Å². The van der Waals surface area contributed by atoms with Crippen LogP contribution in [0.4, 0.5) is 5.13 Å². The second kappa shape index (κ2) is 8.56. The molecule has 0 saturated heterocycles. The summed E-state index contributed by atoms with van der Waals surface area (Å²) in [5.41, 5.74) is 9.76. The normalized spacial score (nSPS) is 11.1. The summed E-state index contributed by atoms with van der Waals surface area (Å²) >= 11 is 7.54. The van der Waals surface area contributed by atoms with Crippen molar-refractivity contribution >= 4 is 57.2 Å². The molecule has 2 rings (SSSR count). The van der Waals surface area contributed by atoms with Crippen LogP contribution in [-0.4, -0.2) is 32.7 Å². The van der Waals surface area contributed by atoms with Crippen molar-refractivity contribution in [3.8, 4) is 0 Å². The first-order valence-electron chi connectivity index (χ1n) is 6.46. The number of nitrogens with one attached hydrogen (secondary N) is 2. The Balaban J connectivity index is 2.06. The number of hydrogen-bond donors (Lipinski definition) is 3. The molecule has 7 nitrogen and oxygen atoms in total. The van der Waals surface area contributed by atoms with Gasteiger partial charge in [0.05, 0.1) is 5.71 Å². The minimum Gasteiger partial charge on any atom is -0.375 e. The number of nitrogens with zero attached hydrogens (tertiary/aromatic N) is 3. The van der Waals surface area contributed by atoms with Crippen LogP contribution in [-0.2, 0) is 4.79 Å². The average molecular weight is 366 g/mol. The number of rotatable bonds is 6. The Morgan fingerprint density at radius 1 is 1.39 bits per heavy atom. The molecule has 120 valence electrons. The average Bonchev–Trinajstić information content (AvgIpc) is 2.94. The first-order valence-corrected chi connectivity index (χ1v) is 8.67. The molecule has 0 bridgehead atoms. The van der Waals surface area contributed by atoms with Crippen molar-refractivity contribution in [3.63, 3.8) is 0 Å². The zero-order chi connectivity index (χ0) is 16.7. The van der Waals surface area contributed by atoms with Gasteiger partial charge in [-0.15, -0.1) is 10.2 Å². The van der Waals surface area contributed by atoms with Gasteiger partial charge in [-0.3, -0.25) is 10.2 Å². The van der Waals surface area contributed by atoms with E-state index < -0.39 is 0 Å². The number of aromatic nitrogens is 2. The largest absolute Gasteiger partial charge is 0.375 e. The molecule has 0 unspecified atom stereocenters. The van der Waals surface area contributed by atoms with E-state index in [4.69, 9.17) is 18.0 Å². The van der Waals surface area contributed by atoms with Gasteiger partial charge in [-0.25, -0.2) is 0 Å². The first-order chi connectivity index (χ1) is 11.0. The highest BCUT2D eigenvalue weighted by atomic mass is 32.2. The second-order valence-electron chi connectivity index (χ2n) is 4.24. The number of nitrogens with two attached hydrogens (primary N) is 1. The molecule has 0 radical (unpaired) electrons. The van der Waals surface area contributed by atoms with E-state index in [9.17, 15) is 4.79 Å². The van der Waals surface area contributed by atoms with Crippen LogP contribution >= 0.6 is 35.3 Å². The van der Waals surface area contributed by atoms with Crippen molar-refractivity contribution in [2.45, 2.75) is 11.3 Å². The van der Waals surface area contributed by atoms with E-state index >= 15 is 0 Å². The lowest BCUT2D eigenvalue weighted by atomic mass is 10.1. The predicted octanol–water partition coefficient (Wildman–Crippen LogP) is 1.83. The zero-order valence-electron chi connectivity index (χ0n) is 12.1. The van der Waals surface area contributed by atoms with Gasteiger partial charge in [-0.1, -0.05) is 53.4 Å². The Kier molecular flexibility index (Phi) is 6.44. The number of carbonyl (C=O) groups excluding carboxylic acids is 1. The summed E-state index contributed by atoms with van der Waals surface area (Å²) in [7, 11) is 0. The Morgan fingerprint density at radius 3 is 2.78 bits per heavy atom. The SMILES string of the molecule is CC(=O)Nc1nnc(SC/C(=N/NC(N)=S)c2ccccc2)s1. The van der Waals surface area contributed by atoms with Gasteiger partial charge in [0.1, 0.15) is 0 Å². The molecule has 0 fully saturated rings. The van der Waals surface area contributed by atoms with Crippen LogP contribution in [0, 0.1) is 0 Å². The summed E-state index contributed by atoms with van der Waals surface area (Å²) in [5, 5.41) is 15.3. The third kappa shape index (κ3) is 5.93. The summed E-state index contributed by atoms with van der Waals surface area (Å²) < 4.78 is 0.729. The fourth-order valence-electron chi connectivity index (χ4n) is 1.53. The summed E-state index contributed by atoms with van der Waals surface area (Å²) in [6, 6.07) is 9.68. The first kappa shape index (κ1) is 17.3. The van der Waals surface area contributed by atoms with Crippen molar-refractivity contribution < 1.29 is 4.79 Å².